The predicted molar refractivity (Wildman–Crippen MR) is 76.3 cm³/mol. The van der Waals surface area contributed by atoms with Gasteiger partial charge in [0.25, 0.3) is 0 Å². The second-order valence-corrected chi connectivity index (χ2v) is 7.07. The Labute approximate surface area is 121 Å². The second-order valence-electron chi connectivity index (χ2n) is 7.07. The topological polar surface area (TPSA) is 58.6 Å². The molecule has 0 aliphatic carbocycles. The molecule has 2 heterocycles. The lowest BCUT2D eigenvalue weighted by Gasteiger charge is -2.41. The van der Waals surface area contributed by atoms with Crippen LogP contribution in [0.25, 0.3) is 0 Å². The Kier molecular flexibility index (Phi) is 4.25. The van der Waals surface area contributed by atoms with E-state index in [1.165, 1.54) is 0 Å². The van der Waals surface area contributed by atoms with Gasteiger partial charge in [-0.25, -0.2) is 4.79 Å². The predicted octanol–water partition coefficient (Wildman–Crippen LogP) is 2.30. The summed E-state index contributed by atoms with van der Waals surface area (Å²) in [5.74, 6) is 0.163. The standard InChI is InChI=1S/C15H26N2O3/c1-14(2,3)20-13(19)17-10-7-15(8-11-17)5-4-12(18)16-9-6-15/h4-11H2,1-3H3,(H,16,18). The van der Waals surface area contributed by atoms with Crippen LogP contribution in [0.4, 0.5) is 4.79 Å². The average molecular weight is 282 g/mol. The van der Waals surface area contributed by atoms with Crippen molar-refractivity contribution in [2.24, 2.45) is 5.41 Å². The molecule has 5 nitrogen and oxygen atoms in total. The van der Waals surface area contributed by atoms with E-state index in [-0.39, 0.29) is 17.4 Å². The summed E-state index contributed by atoms with van der Waals surface area (Å²) in [6, 6.07) is 0. The van der Waals surface area contributed by atoms with Crippen LogP contribution < -0.4 is 5.32 Å². The first-order valence-corrected chi connectivity index (χ1v) is 7.54. The van der Waals surface area contributed by atoms with Gasteiger partial charge in [0, 0.05) is 26.1 Å². The fraction of sp³-hybridized carbons (Fsp3) is 0.867. The number of nitrogens with one attached hydrogen (secondary N) is 1. The van der Waals surface area contributed by atoms with Gasteiger partial charge in [0.1, 0.15) is 5.60 Å². The van der Waals surface area contributed by atoms with Crippen LogP contribution in [0, 0.1) is 5.41 Å². The molecular weight excluding hydrogens is 256 g/mol. The van der Waals surface area contributed by atoms with Crippen LogP contribution in [-0.4, -0.2) is 42.1 Å². The lowest BCUT2D eigenvalue weighted by Crippen LogP contribution is -2.45. The zero-order chi connectivity index (χ0) is 14.8. The third-order valence-corrected chi connectivity index (χ3v) is 4.34. The minimum Gasteiger partial charge on any atom is -0.444 e. The van der Waals surface area contributed by atoms with E-state index >= 15 is 0 Å². The molecule has 0 radical (unpaired) electrons. The molecular formula is C15H26N2O3. The summed E-state index contributed by atoms with van der Waals surface area (Å²) >= 11 is 0. The second kappa shape index (κ2) is 5.62. The van der Waals surface area contributed by atoms with Gasteiger partial charge >= 0.3 is 6.09 Å². The van der Waals surface area contributed by atoms with Crippen molar-refractivity contribution in [3.63, 3.8) is 0 Å². The molecule has 2 aliphatic rings. The van der Waals surface area contributed by atoms with Crippen molar-refractivity contribution in [2.75, 3.05) is 19.6 Å². The summed E-state index contributed by atoms with van der Waals surface area (Å²) < 4.78 is 5.42. The number of ether oxygens (including phenoxy) is 1. The van der Waals surface area contributed by atoms with Gasteiger partial charge in [-0.1, -0.05) is 0 Å². The zero-order valence-electron chi connectivity index (χ0n) is 12.8. The third-order valence-electron chi connectivity index (χ3n) is 4.34. The Morgan fingerprint density at radius 1 is 1.20 bits per heavy atom. The first-order valence-electron chi connectivity index (χ1n) is 7.54. The summed E-state index contributed by atoms with van der Waals surface area (Å²) in [5.41, 5.74) is -0.206. The lowest BCUT2D eigenvalue weighted by molar-refractivity contribution is -0.121. The van der Waals surface area contributed by atoms with Gasteiger partial charge in [-0.3, -0.25) is 4.79 Å². The Balaban J connectivity index is 1.88. The molecule has 1 N–H and O–H groups in total. The molecule has 2 amide bonds. The van der Waals surface area contributed by atoms with Crippen LogP contribution in [0.3, 0.4) is 0 Å². The first kappa shape index (κ1) is 15.1. The molecule has 0 bridgehead atoms. The fourth-order valence-electron chi connectivity index (χ4n) is 3.05. The van der Waals surface area contributed by atoms with Crippen molar-refractivity contribution in [3.05, 3.63) is 0 Å². The first-order chi connectivity index (χ1) is 9.30. The highest BCUT2D eigenvalue weighted by atomic mass is 16.6. The molecule has 2 aliphatic heterocycles. The third kappa shape index (κ3) is 3.87. The number of likely N-dealkylation sites (tertiary alicyclic amines) is 1. The van der Waals surface area contributed by atoms with Crippen LogP contribution in [0.5, 0.6) is 0 Å². The van der Waals surface area contributed by atoms with Crippen LogP contribution >= 0.6 is 0 Å². The number of amides is 2. The van der Waals surface area contributed by atoms with Crippen LogP contribution in [0.1, 0.15) is 52.9 Å². The minimum atomic E-state index is -0.440. The number of carbonyl (C=O) groups is 2. The van der Waals surface area contributed by atoms with Crippen LogP contribution in [0.15, 0.2) is 0 Å². The summed E-state index contributed by atoms with van der Waals surface area (Å²) in [6.45, 7) is 7.91. The van der Waals surface area contributed by atoms with Crippen molar-refractivity contribution in [2.45, 2.75) is 58.5 Å². The van der Waals surface area contributed by atoms with Crippen molar-refractivity contribution < 1.29 is 14.3 Å². The molecule has 2 fully saturated rings. The van der Waals surface area contributed by atoms with Crippen molar-refractivity contribution in [3.8, 4) is 0 Å². The van der Waals surface area contributed by atoms with Gasteiger partial charge in [0.2, 0.25) is 5.91 Å². The van der Waals surface area contributed by atoms with E-state index in [4.69, 9.17) is 4.74 Å². The van der Waals surface area contributed by atoms with E-state index < -0.39 is 5.60 Å². The molecule has 1 spiro atoms. The average Bonchev–Trinajstić information content (AvgIpc) is 2.51. The SMILES string of the molecule is CC(C)(C)OC(=O)N1CCC2(CCNC(=O)CC2)CC1. The Morgan fingerprint density at radius 3 is 2.45 bits per heavy atom. The Hall–Kier alpha value is -1.26. The lowest BCUT2D eigenvalue weighted by atomic mass is 9.73. The Bertz CT molecular complexity index is 379. The maximum Gasteiger partial charge on any atom is 0.410 e. The quantitative estimate of drug-likeness (QED) is 0.741. The number of hydrogen-bond donors (Lipinski definition) is 1. The van der Waals surface area contributed by atoms with Gasteiger partial charge < -0.3 is 15.0 Å². The van der Waals surface area contributed by atoms with E-state index in [1.807, 2.05) is 20.8 Å². The van der Waals surface area contributed by atoms with Crippen molar-refractivity contribution >= 4 is 12.0 Å². The fourth-order valence-corrected chi connectivity index (χ4v) is 3.05. The van der Waals surface area contributed by atoms with Crippen LogP contribution in [-0.2, 0) is 9.53 Å². The number of nitrogens with zero attached hydrogens (tertiary/aromatic N) is 1. The minimum absolute atomic E-state index is 0.163. The van der Waals surface area contributed by atoms with E-state index in [0.29, 0.717) is 6.42 Å². The van der Waals surface area contributed by atoms with E-state index in [1.54, 1.807) is 4.90 Å². The van der Waals surface area contributed by atoms with E-state index in [9.17, 15) is 9.59 Å². The van der Waals surface area contributed by atoms with Crippen molar-refractivity contribution in [1.29, 1.82) is 0 Å². The maximum absolute atomic E-state index is 12.0. The summed E-state index contributed by atoms with van der Waals surface area (Å²) in [6.07, 6.45) is 4.33. The molecule has 2 rings (SSSR count). The number of carbonyl (C=O) groups excluding carboxylic acids is 2. The summed E-state index contributed by atoms with van der Waals surface area (Å²) in [4.78, 5) is 25.3. The smallest absolute Gasteiger partial charge is 0.410 e. The van der Waals surface area contributed by atoms with Gasteiger partial charge in [-0.2, -0.15) is 0 Å². The highest BCUT2D eigenvalue weighted by molar-refractivity contribution is 5.76. The van der Waals surface area contributed by atoms with Gasteiger partial charge in [0.15, 0.2) is 0 Å². The Morgan fingerprint density at radius 2 is 1.85 bits per heavy atom. The normalized spacial score (nSPS) is 23.1. The summed E-state index contributed by atoms with van der Waals surface area (Å²) in [5, 5.41) is 2.94. The number of rotatable bonds is 0. The number of hydrogen-bond acceptors (Lipinski definition) is 3. The molecule has 0 saturated carbocycles. The number of piperidine rings is 1. The molecule has 2 saturated heterocycles. The molecule has 0 atom stereocenters. The molecule has 0 aromatic rings. The van der Waals surface area contributed by atoms with Gasteiger partial charge in [-0.15, -0.1) is 0 Å². The highest BCUT2D eigenvalue weighted by Crippen LogP contribution is 2.40. The maximum atomic E-state index is 12.0. The van der Waals surface area contributed by atoms with E-state index in [2.05, 4.69) is 5.32 Å². The van der Waals surface area contributed by atoms with Crippen molar-refractivity contribution in [1.82, 2.24) is 10.2 Å². The molecule has 5 heteroatoms. The molecule has 20 heavy (non-hydrogen) atoms. The van der Waals surface area contributed by atoms with E-state index in [0.717, 1.165) is 45.3 Å². The monoisotopic (exact) mass is 282 g/mol. The van der Waals surface area contributed by atoms with Gasteiger partial charge in [0.05, 0.1) is 0 Å². The largest absolute Gasteiger partial charge is 0.444 e. The van der Waals surface area contributed by atoms with Gasteiger partial charge in [-0.05, 0) is 51.9 Å². The summed E-state index contributed by atoms with van der Waals surface area (Å²) in [7, 11) is 0. The zero-order valence-corrected chi connectivity index (χ0v) is 12.8. The molecule has 0 aromatic carbocycles. The molecule has 0 aromatic heterocycles. The molecule has 0 unspecified atom stereocenters. The van der Waals surface area contributed by atoms with Crippen LogP contribution in [0.2, 0.25) is 0 Å². The highest BCUT2D eigenvalue weighted by Gasteiger charge is 2.38. The molecule has 114 valence electrons.